The van der Waals surface area contributed by atoms with Crippen molar-refractivity contribution in [2.45, 2.75) is 6.92 Å². The van der Waals surface area contributed by atoms with Gasteiger partial charge >= 0.3 is 5.97 Å². The molecule has 1 heterocycles. The van der Waals surface area contributed by atoms with Gasteiger partial charge in [0.25, 0.3) is 0 Å². The molecule has 19 heavy (non-hydrogen) atoms. The second-order valence-corrected chi connectivity index (χ2v) is 3.76. The molecule has 0 amide bonds. The summed E-state index contributed by atoms with van der Waals surface area (Å²) in [4.78, 5) is 23.3. The van der Waals surface area contributed by atoms with Gasteiger partial charge in [-0.25, -0.2) is 4.79 Å². The Hall–Kier alpha value is -2.56. The number of carbonyl (C=O) groups is 1. The van der Waals surface area contributed by atoms with Crippen LogP contribution in [0, 0.1) is 0 Å². The van der Waals surface area contributed by atoms with Crippen LogP contribution in [0.25, 0.3) is 17.0 Å². The highest BCUT2D eigenvalue weighted by Crippen LogP contribution is 2.21. The third kappa shape index (κ3) is 2.65. The van der Waals surface area contributed by atoms with Crippen molar-refractivity contribution in [3.63, 3.8) is 0 Å². The van der Waals surface area contributed by atoms with E-state index >= 15 is 0 Å². The van der Waals surface area contributed by atoms with Crippen LogP contribution in [0.1, 0.15) is 12.5 Å². The third-order valence-electron chi connectivity index (χ3n) is 2.49. The number of fused-ring (bicyclic) bond motifs is 1. The molecular weight excluding hydrogens is 248 g/mol. The highest BCUT2D eigenvalue weighted by molar-refractivity contribution is 5.89. The van der Waals surface area contributed by atoms with Crippen LogP contribution in [-0.4, -0.2) is 17.7 Å². The monoisotopic (exact) mass is 260 g/mol. The first-order valence-corrected chi connectivity index (χ1v) is 5.71. The van der Waals surface area contributed by atoms with Crippen molar-refractivity contribution in [3.8, 4) is 5.75 Å². The van der Waals surface area contributed by atoms with E-state index in [1.165, 1.54) is 18.4 Å². The second-order valence-electron chi connectivity index (χ2n) is 3.76. The number of esters is 1. The SMILES string of the molecule is CCOC(=O)/C=C/c1coc2cccc(O)c2c1=O. The summed E-state index contributed by atoms with van der Waals surface area (Å²) < 4.78 is 9.94. The molecule has 2 rings (SSSR count). The zero-order valence-corrected chi connectivity index (χ0v) is 10.3. The number of ether oxygens (including phenoxy) is 1. The number of phenolic OH excluding ortho intramolecular Hbond substituents is 1. The molecule has 0 fully saturated rings. The van der Waals surface area contributed by atoms with Crippen LogP contribution in [0.2, 0.25) is 0 Å². The number of benzene rings is 1. The summed E-state index contributed by atoms with van der Waals surface area (Å²) in [6, 6.07) is 4.56. The average molecular weight is 260 g/mol. The van der Waals surface area contributed by atoms with Gasteiger partial charge in [-0.3, -0.25) is 4.79 Å². The van der Waals surface area contributed by atoms with Crippen LogP contribution in [0.5, 0.6) is 5.75 Å². The molecule has 98 valence electrons. The largest absolute Gasteiger partial charge is 0.507 e. The molecule has 0 atom stereocenters. The molecule has 0 saturated heterocycles. The molecule has 0 spiro atoms. The van der Waals surface area contributed by atoms with E-state index < -0.39 is 11.4 Å². The second kappa shape index (κ2) is 5.39. The smallest absolute Gasteiger partial charge is 0.330 e. The summed E-state index contributed by atoms with van der Waals surface area (Å²) >= 11 is 0. The van der Waals surface area contributed by atoms with Gasteiger partial charge in [-0.05, 0) is 25.1 Å². The van der Waals surface area contributed by atoms with Crippen molar-refractivity contribution in [2.24, 2.45) is 0 Å². The molecule has 5 heteroatoms. The minimum absolute atomic E-state index is 0.0912. The molecule has 0 aliphatic heterocycles. The minimum Gasteiger partial charge on any atom is -0.507 e. The zero-order valence-electron chi connectivity index (χ0n) is 10.3. The number of phenols is 1. The van der Waals surface area contributed by atoms with E-state index in [9.17, 15) is 14.7 Å². The number of hydrogen-bond acceptors (Lipinski definition) is 5. The van der Waals surface area contributed by atoms with Crippen molar-refractivity contribution in [1.29, 1.82) is 0 Å². The molecule has 1 aromatic heterocycles. The molecule has 1 N–H and O–H groups in total. The third-order valence-corrected chi connectivity index (χ3v) is 2.49. The van der Waals surface area contributed by atoms with Gasteiger partial charge < -0.3 is 14.3 Å². The Morgan fingerprint density at radius 1 is 1.47 bits per heavy atom. The fourth-order valence-corrected chi connectivity index (χ4v) is 1.63. The van der Waals surface area contributed by atoms with Gasteiger partial charge in [0.1, 0.15) is 23.0 Å². The standard InChI is InChI=1S/C14H12O5/c1-2-18-12(16)7-6-9-8-19-11-5-3-4-10(15)13(11)14(9)17/h3-8,15H,2H2,1H3/b7-6+. The Balaban J connectivity index is 2.46. The number of carbonyl (C=O) groups excluding carboxylic acids is 1. The molecule has 0 bridgehead atoms. The van der Waals surface area contributed by atoms with Crippen LogP contribution in [0.3, 0.4) is 0 Å². The summed E-state index contributed by atoms with van der Waals surface area (Å²) in [7, 11) is 0. The summed E-state index contributed by atoms with van der Waals surface area (Å²) in [6.45, 7) is 1.95. The topological polar surface area (TPSA) is 76.7 Å². The molecule has 0 aliphatic rings. The maximum atomic E-state index is 12.1. The van der Waals surface area contributed by atoms with Crippen LogP contribution in [0.4, 0.5) is 0 Å². The Kier molecular flexibility index (Phi) is 3.66. The maximum absolute atomic E-state index is 12.1. The molecule has 0 unspecified atom stereocenters. The van der Waals surface area contributed by atoms with E-state index in [1.54, 1.807) is 19.1 Å². The van der Waals surface area contributed by atoms with Gasteiger partial charge in [-0.2, -0.15) is 0 Å². The van der Waals surface area contributed by atoms with Crippen molar-refractivity contribution in [3.05, 3.63) is 46.3 Å². The van der Waals surface area contributed by atoms with Crippen LogP contribution in [0.15, 0.2) is 39.7 Å². The predicted octanol–water partition coefficient (Wildman–Crippen LogP) is 2.07. The fraction of sp³-hybridized carbons (Fsp3) is 0.143. The van der Waals surface area contributed by atoms with Crippen LogP contribution >= 0.6 is 0 Å². The fourth-order valence-electron chi connectivity index (χ4n) is 1.63. The lowest BCUT2D eigenvalue weighted by Gasteiger charge is -2.00. The van der Waals surface area contributed by atoms with Crippen molar-refractivity contribution >= 4 is 23.0 Å². The highest BCUT2D eigenvalue weighted by atomic mass is 16.5. The molecule has 0 radical (unpaired) electrons. The van der Waals surface area contributed by atoms with Gasteiger partial charge in [0, 0.05) is 6.08 Å². The lowest BCUT2D eigenvalue weighted by Crippen LogP contribution is -2.06. The lowest BCUT2D eigenvalue weighted by molar-refractivity contribution is -0.137. The average Bonchev–Trinajstić information content (AvgIpc) is 2.38. The summed E-state index contributed by atoms with van der Waals surface area (Å²) in [5.41, 5.74) is 0.0558. The van der Waals surface area contributed by atoms with Crippen LogP contribution in [-0.2, 0) is 9.53 Å². The Morgan fingerprint density at radius 3 is 3.00 bits per heavy atom. The predicted molar refractivity (Wildman–Crippen MR) is 69.8 cm³/mol. The van der Waals surface area contributed by atoms with Crippen molar-refractivity contribution in [1.82, 2.24) is 0 Å². The van der Waals surface area contributed by atoms with Crippen LogP contribution < -0.4 is 5.43 Å². The minimum atomic E-state index is -0.542. The van der Waals surface area contributed by atoms with Crippen molar-refractivity contribution in [2.75, 3.05) is 6.61 Å². The summed E-state index contributed by atoms with van der Waals surface area (Å²) in [5.74, 6) is -0.697. The molecule has 0 saturated carbocycles. The van der Waals surface area contributed by atoms with E-state index in [0.29, 0.717) is 5.58 Å². The molecule has 0 aliphatic carbocycles. The van der Waals surface area contributed by atoms with Gasteiger partial charge in [0.2, 0.25) is 5.43 Å². The highest BCUT2D eigenvalue weighted by Gasteiger charge is 2.09. The van der Waals surface area contributed by atoms with Gasteiger partial charge in [-0.15, -0.1) is 0 Å². The lowest BCUT2D eigenvalue weighted by atomic mass is 10.1. The van der Waals surface area contributed by atoms with E-state index in [2.05, 4.69) is 0 Å². The number of hydrogen-bond donors (Lipinski definition) is 1. The first-order chi connectivity index (χ1) is 9.13. The summed E-state index contributed by atoms with van der Waals surface area (Å²) in [5, 5.41) is 9.75. The first-order valence-electron chi connectivity index (χ1n) is 5.71. The Labute approximate surface area is 108 Å². The first kappa shape index (κ1) is 12.9. The zero-order chi connectivity index (χ0) is 13.8. The number of rotatable bonds is 3. The summed E-state index contributed by atoms with van der Waals surface area (Å²) in [6.07, 6.45) is 3.68. The van der Waals surface area contributed by atoms with E-state index in [0.717, 1.165) is 6.08 Å². The van der Waals surface area contributed by atoms with E-state index in [1.807, 2.05) is 0 Å². The maximum Gasteiger partial charge on any atom is 0.330 e. The molecular formula is C14H12O5. The molecule has 2 aromatic rings. The van der Waals surface area contributed by atoms with Gasteiger partial charge in [0.15, 0.2) is 0 Å². The van der Waals surface area contributed by atoms with Gasteiger partial charge in [0.05, 0.1) is 12.2 Å². The normalized spacial score (nSPS) is 11.0. The van der Waals surface area contributed by atoms with Gasteiger partial charge in [-0.1, -0.05) is 6.07 Å². The number of aromatic hydroxyl groups is 1. The Bertz CT molecular complexity index is 697. The quantitative estimate of drug-likeness (QED) is 0.675. The Morgan fingerprint density at radius 2 is 2.26 bits per heavy atom. The van der Waals surface area contributed by atoms with Crippen molar-refractivity contribution < 1.29 is 19.1 Å². The molecule has 1 aromatic carbocycles. The molecule has 5 nitrogen and oxygen atoms in total. The van der Waals surface area contributed by atoms with E-state index in [-0.39, 0.29) is 23.3 Å². The van der Waals surface area contributed by atoms with E-state index in [4.69, 9.17) is 9.15 Å².